The summed E-state index contributed by atoms with van der Waals surface area (Å²) in [4.78, 5) is 24.8. The molecule has 0 aliphatic heterocycles. The number of hydrogen-bond donors (Lipinski definition) is 2. The number of aliphatic carboxylic acids is 1. The maximum Gasteiger partial charge on any atom is 0.323 e. The predicted molar refractivity (Wildman–Crippen MR) is 79.7 cm³/mol. The first-order valence-corrected chi connectivity index (χ1v) is 6.47. The van der Waals surface area contributed by atoms with Gasteiger partial charge in [-0.05, 0) is 17.7 Å². The van der Waals surface area contributed by atoms with E-state index in [4.69, 9.17) is 10.8 Å². The maximum atomic E-state index is 12.5. The minimum atomic E-state index is -1.06. The summed E-state index contributed by atoms with van der Waals surface area (Å²) in [5, 5.41) is 9.00. The summed E-state index contributed by atoms with van der Waals surface area (Å²) in [5.74, 6) is -1.45. The SMILES string of the molecule is Nc1ccccc1C(=O)N(CC(=O)O)Cc1ccccc1. The number of benzene rings is 2. The van der Waals surface area contributed by atoms with Gasteiger partial charge in [0.2, 0.25) is 0 Å². The van der Waals surface area contributed by atoms with E-state index in [9.17, 15) is 9.59 Å². The third kappa shape index (κ3) is 3.82. The van der Waals surface area contributed by atoms with Crippen molar-refractivity contribution in [3.8, 4) is 0 Å². The van der Waals surface area contributed by atoms with Crippen molar-refractivity contribution in [1.29, 1.82) is 0 Å². The normalized spacial score (nSPS) is 10.1. The Morgan fingerprint density at radius 1 is 1.00 bits per heavy atom. The third-order valence-corrected chi connectivity index (χ3v) is 3.02. The predicted octanol–water partition coefficient (Wildman–Crippen LogP) is 2.00. The molecule has 0 saturated heterocycles. The van der Waals surface area contributed by atoms with E-state index >= 15 is 0 Å². The molecule has 108 valence electrons. The Bertz CT molecular complexity index is 641. The number of nitrogen functional groups attached to an aromatic ring is 1. The second kappa shape index (κ2) is 6.56. The van der Waals surface area contributed by atoms with Crippen LogP contribution < -0.4 is 5.73 Å². The molecule has 0 saturated carbocycles. The second-order valence-corrected chi connectivity index (χ2v) is 4.63. The van der Waals surface area contributed by atoms with Crippen LogP contribution in [0.2, 0.25) is 0 Å². The first-order valence-electron chi connectivity index (χ1n) is 6.47. The zero-order valence-corrected chi connectivity index (χ0v) is 11.4. The van der Waals surface area contributed by atoms with Crippen LogP contribution in [0.5, 0.6) is 0 Å². The van der Waals surface area contributed by atoms with E-state index in [-0.39, 0.29) is 19.0 Å². The van der Waals surface area contributed by atoms with Crippen molar-refractivity contribution in [3.63, 3.8) is 0 Å². The molecule has 0 atom stereocenters. The molecule has 0 spiro atoms. The first-order chi connectivity index (χ1) is 10.1. The molecule has 0 aromatic heterocycles. The molecule has 0 aliphatic carbocycles. The summed E-state index contributed by atoms with van der Waals surface area (Å²) in [5.41, 5.74) is 7.30. The highest BCUT2D eigenvalue weighted by atomic mass is 16.4. The molecule has 0 bridgehead atoms. The van der Waals surface area contributed by atoms with Crippen molar-refractivity contribution < 1.29 is 14.7 Å². The molecular formula is C16H16N2O3. The van der Waals surface area contributed by atoms with Gasteiger partial charge in [-0.3, -0.25) is 9.59 Å². The van der Waals surface area contributed by atoms with Crippen molar-refractivity contribution in [2.45, 2.75) is 6.54 Å². The van der Waals surface area contributed by atoms with Gasteiger partial charge in [0.05, 0.1) is 5.56 Å². The van der Waals surface area contributed by atoms with Crippen LogP contribution in [0.3, 0.4) is 0 Å². The molecular weight excluding hydrogens is 268 g/mol. The van der Waals surface area contributed by atoms with E-state index in [2.05, 4.69) is 0 Å². The number of carboxylic acids is 1. The van der Waals surface area contributed by atoms with Gasteiger partial charge in [0.1, 0.15) is 6.54 Å². The molecule has 21 heavy (non-hydrogen) atoms. The average Bonchev–Trinajstić information content (AvgIpc) is 2.47. The first kappa shape index (κ1) is 14.6. The van der Waals surface area contributed by atoms with E-state index in [1.807, 2.05) is 30.3 Å². The third-order valence-electron chi connectivity index (χ3n) is 3.02. The number of carboxylic acid groups (broad SMARTS) is 1. The van der Waals surface area contributed by atoms with Crippen LogP contribution in [-0.4, -0.2) is 28.4 Å². The lowest BCUT2D eigenvalue weighted by atomic mass is 10.1. The fraction of sp³-hybridized carbons (Fsp3) is 0.125. The quantitative estimate of drug-likeness (QED) is 0.822. The smallest absolute Gasteiger partial charge is 0.323 e. The average molecular weight is 284 g/mol. The Hall–Kier alpha value is -2.82. The molecule has 2 aromatic rings. The zero-order chi connectivity index (χ0) is 15.2. The van der Waals surface area contributed by atoms with Crippen LogP contribution in [0.4, 0.5) is 5.69 Å². The van der Waals surface area contributed by atoms with Gasteiger partial charge < -0.3 is 15.7 Å². The molecule has 2 rings (SSSR count). The van der Waals surface area contributed by atoms with Gasteiger partial charge in [0.25, 0.3) is 5.91 Å². The molecule has 0 unspecified atom stereocenters. The maximum absolute atomic E-state index is 12.5. The molecule has 0 heterocycles. The molecule has 2 aromatic carbocycles. The topological polar surface area (TPSA) is 83.6 Å². The number of rotatable bonds is 5. The summed E-state index contributed by atoms with van der Waals surface area (Å²) in [6, 6.07) is 15.9. The van der Waals surface area contributed by atoms with Gasteiger partial charge in [-0.15, -0.1) is 0 Å². The summed E-state index contributed by atoms with van der Waals surface area (Å²) in [6.45, 7) is -0.150. The fourth-order valence-electron chi connectivity index (χ4n) is 2.03. The number of anilines is 1. The van der Waals surface area contributed by atoms with Gasteiger partial charge in [0, 0.05) is 12.2 Å². The van der Waals surface area contributed by atoms with Crippen molar-refractivity contribution in [2.24, 2.45) is 0 Å². The van der Waals surface area contributed by atoms with E-state index in [1.54, 1.807) is 24.3 Å². The number of nitrogens with two attached hydrogens (primary N) is 1. The van der Waals surface area contributed by atoms with E-state index in [1.165, 1.54) is 4.90 Å². The molecule has 0 fully saturated rings. The number of carbonyl (C=O) groups is 2. The van der Waals surface area contributed by atoms with E-state index in [0.29, 0.717) is 11.3 Å². The number of amides is 1. The highest BCUT2D eigenvalue weighted by molar-refractivity contribution is 6.00. The Morgan fingerprint density at radius 3 is 2.24 bits per heavy atom. The van der Waals surface area contributed by atoms with Gasteiger partial charge >= 0.3 is 5.97 Å². The standard InChI is InChI=1S/C16H16N2O3/c17-14-9-5-4-8-13(14)16(21)18(11-15(19)20)10-12-6-2-1-3-7-12/h1-9H,10-11,17H2,(H,19,20). The summed E-state index contributed by atoms with van der Waals surface area (Å²) < 4.78 is 0. The Labute approximate surface area is 122 Å². The number of carbonyl (C=O) groups excluding carboxylic acids is 1. The van der Waals surface area contributed by atoms with Gasteiger partial charge in [0.15, 0.2) is 0 Å². The molecule has 0 radical (unpaired) electrons. The van der Waals surface area contributed by atoms with Crippen LogP contribution in [-0.2, 0) is 11.3 Å². The molecule has 1 amide bonds. The van der Waals surface area contributed by atoms with Crippen LogP contribution in [0, 0.1) is 0 Å². The van der Waals surface area contributed by atoms with Gasteiger partial charge in [-0.25, -0.2) is 0 Å². The highest BCUT2D eigenvalue weighted by Gasteiger charge is 2.20. The lowest BCUT2D eigenvalue weighted by molar-refractivity contribution is -0.137. The molecule has 0 aliphatic rings. The van der Waals surface area contributed by atoms with Crippen LogP contribution in [0.1, 0.15) is 15.9 Å². The molecule has 5 heteroatoms. The monoisotopic (exact) mass is 284 g/mol. The Kier molecular flexibility index (Phi) is 4.56. The fourth-order valence-corrected chi connectivity index (χ4v) is 2.03. The van der Waals surface area contributed by atoms with Gasteiger partial charge in [-0.2, -0.15) is 0 Å². The second-order valence-electron chi connectivity index (χ2n) is 4.63. The Balaban J connectivity index is 2.25. The van der Waals surface area contributed by atoms with Crippen molar-refractivity contribution in [2.75, 3.05) is 12.3 Å². The number of nitrogens with zero attached hydrogens (tertiary/aromatic N) is 1. The zero-order valence-electron chi connectivity index (χ0n) is 11.4. The van der Waals surface area contributed by atoms with Crippen LogP contribution in [0.25, 0.3) is 0 Å². The lowest BCUT2D eigenvalue weighted by Crippen LogP contribution is -2.35. The molecule has 3 N–H and O–H groups in total. The number of hydrogen-bond acceptors (Lipinski definition) is 3. The summed E-state index contributed by atoms with van der Waals surface area (Å²) >= 11 is 0. The summed E-state index contributed by atoms with van der Waals surface area (Å²) in [6.07, 6.45) is 0. The molecule has 5 nitrogen and oxygen atoms in total. The largest absolute Gasteiger partial charge is 0.480 e. The van der Waals surface area contributed by atoms with Crippen molar-refractivity contribution in [1.82, 2.24) is 4.90 Å². The van der Waals surface area contributed by atoms with Gasteiger partial charge in [-0.1, -0.05) is 42.5 Å². The minimum Gasteiger partial charge on any atom is -0.480 e. The van der Waals surface area contributed by atoms with E-state index < -0.39 is 5.97 Å². The Morgan fingerprint density at radius 2 is 1.62 bits per heavy atom. The summed E-state index contributed by atoms with van der Waals surface area (Å²) in [7, 11) is 0. The van der Waals surface area contributed by atoms with Crippen LogP contribution in [0.15, 0.2) is 54.6 Å². The van der Waals surface area contributed by atoms with E-state index in [0.717, 1.165) is 5.56 Å². The highest BCUT2D eigenvalue weighted by Crippen LogP contribution is 2.15. The van der Waals surface area contributed by atoms with Crippen molar-refractivity contribution in [3.05, 3.63) is 65.7 Å². The minimum absolute atomic E-state index is 0.223. The van der Waals surface area contributed by atoms with Crippen molar-refractivity contribution >= 4 is 17.6 Å². The van der Waals surface area contributed by atoms with Crippen LogP contribution >= 0.6 is 0 Å². The number of para-hydroxylation sites is 1. The lowest BCUT2D eigenvalue weighted by Gasteiger charge is -2.21.